The van der Waals surface area contributed by atoms with Gasteiger partial charge in [-0.2, -0.15) is 0 Å². The smallest absolute Gasteiger partial charge is 0.137 e. The standard InChI is InChI=1S/C23H33N3O3/c1-3-5-20-15-21(24-29-20)22-6-4-9-26(22)16-18-7-8-23(27-2)19(14-18)17-25-10-12-28-13-11-25/h7-8,14-15,22H,3-6,9-13,16-17H2,1-2H3. The number of rotatable bonds is 8. The third-order valence-electron chi connectivity index (χ3n) is 6.01. The Hall–Kier alpha value is -1.89. The molecule has 0 N–H and O–H groups in total. The van der Waals surface area contributed by atoms with Gasteiger partial charge in [-0.05, 0) is 43.5 Å². The zero-order valence-corrected chi connectivity index (χ0v) is 17.7. The van der Waals surface area contributed by atoms with Gasteiger partial charge in [0.2, 0.25) is 0 Å². The van der Waals surface area contributed by atoms with Gasteiger partial charge in [0.15, 0.2) is 0 Å². The highest BCUT2D eigenvalue weighted by Crippen LogP contribution is 2.33. The molecule has 0 spiro atoms. The van der Waals surface area contributed by atoms with Crippen LogP contribution in [0.5, 0.6) is 5.75 Å². The van der Waals surface area contributed by atoms with E-state index in [-0.39, 0.29) is 0 Å². The molecule has 2 fully saturated rings. The quantitative estimate of drug-likeness (QED) is 0.673. The molecule has 0 aliphatic carbocycles. The predicted molar refractivity (Wildman–Crippen MR) is 112 cm³/mol. The molecule has 2 aliphatic heterocycles. The lowest BCUT2D eigenvalue weighted by Gasteiger charge is -2.28. The first-order chi connectivity index (χ1) is 14.3. The van der Waals surface area contributed by atoms with Gasteiger partial charge in [-0.3, -0.25) is 9.80 Å². The van der Waals surface area contributed by atoms with Gasteiger partial charge in [0.1, 0.15) is 17.2 Å². The van der Waals surface area contributed by atoms with Crippen LogP contribution in [0, 0.1) is 0 Å². The summed E-state index contributed by atoms with van der Waals surface area (Å²) in [7, 11) is 1.76. The molecule has 29 heavy (non-hydrogen) atoms. The van der Waals surface area contributed by atoms with Crippen LogP contribution in [0.25, 0.3) is 0 Å². The summed E-state index contributed by atoms with van der Waals surface area (Å²) < 4.78 is 16.7. The van der Waals surface area contributed by atoms with Gasteiger partial charge in [-0.15, -0.1) is 0 Å². The number of morpholine rings is 1. The molecule has 1 unspecified atom stereocenters. The molecule has 0 bridgehead atoms. The number of hydrogen-bond donors (Lipinski definition) is 0. The summed E-state index contributed by atoms with van der Waals surface area (Å²) >= 11 is 0. The van der Waals surface area contributed by atoms with E-state index in [1.165, 1.54) is 17.5 Å². The zero-order valence-electron chi connectivity index (χ0n) is 17.7. The Labute approximate surface area is 173 Å². The molecule has 158 valence electrons. The number of likely N-dealkylation sites (tertiary alicyclic amines) is 1. The molecule has 0 saturated carbocycles. The molecule has 6 nitrogen and oxygen atoms in total. The fourth-order valence-electron chi connectivity index (χ4n) is 4.49. The monoisotopic (exact) mass is 399 g/mol. The molecule has 1 aromatic heterocycles. The van der Waals surface area contributed by atoms with Crippen molar-refractivity contribution >= 4 is 0 Å². The summed E-state index contributed by atoms with van der Waals surface area (Å²) in [6.07, 6.45) is 4.40. The highest BCUT2D eigenvalue weighted by molar-refractivity contribution is 5.37. The number of methoxy groups -OCH3 is 1. The highest BCUT2D eigenvalue weighted by Gasteiger charge is 2.29. The van der Waals surface area contributed by atoms with Crippen molar-refractivity contribution in [2.45, 2.75) is 51.7 Å². The van der Waals surface area contributed by atoms with E-state index >= 15 is 0 Å². The minimum Gasteiger partial charge on any atom is -0.496 e. The van der Waals surface area contributed by atoms with Crippen molar-refractivity contribution in [2.24, 2.45) is 0 Å². The minimum absolute atomic E-state index is 0.356. The number of ether oxygens (including phenoxy) is 2. The summed E-state index contributed by atoms with van der Waals surface area (Å²) in [5.41, 5.74) is 3.68. The second-order valence-corrected chi connectivity index (χ2v) is 8.13. The van der Waals surface area contributed by atoms with Crippen LogP contribution >= 0.6 is 0 Å². The summed E-state index contributed by atoms with van der Waals surface area (Å²) in [5, 5.41) is 4.38. The molecule has 4 rings (SSSR count). The molecule has 0 amide bonds. The van der Waals surface area contributed by atoms with E-state index in [0.29, 0.717) is 6.04 Å². The van der Waals surface area contributed by atoms with E-state index in [1.807, 2.05) is 0 Å². The Bertz CT molecular complexity index is 785. The van der Waals surface area contributed by atoms with Crippen molar-refractivity contribution in [3.63, 3.8) is 0 Å². The Balaban J connectivity index is 1.46. The zero-order chi connectivity index (χ0) is 20.1. The van der Waals surface area contributed by atoms with Crippen LogP contribution in [0.2, 0.25) is 0 Å². The van der Waals surface area contributed by atoms with Crippen LogP contribution in [-0.2, 0) is 24.2 Å². The molecular formula is C23H33N3O3. The average molecular weight is 400 g/mol. The van der Waals surface area contributed by atoms with Gasteiger partial charge in [-0.1, -0.05) is 18.1 Å². The molecule has 0 radical (unpaired) electrons. The number of benzene rings is 1. The Morgan fingerprint density at radius 1 is 1.14 bits per heavy atom. The van der Waals surface area contributed by atoms with Crippen molar-refractivity contribution in [3.8, 4) is 5.75 Å². The van der Waals surface area contributed by atoms with Crippen molar-refractivity contribution in [3.05, 3.63) is 46.8 Å². The van der Waals surface area contributed by atoms with Crippen LogP contribution in [0.4, 0.5) is 0 Å². The second kappa shape index (κ2) is 9.74. The third-order valence-corrected chi connectivity index (χ3v) is 6.01. The van der Waals surface area contributed by atoms with E-state index in [9.17, 15) is 0 Å². The topological polar surface area (TPSA) is 51.0 Å². The van der Waals surface area contributed by atoms with Gasteiger partial charge in [-0.25, -0.2) is 0 Å². The van der Waals surface area contributed by atoms with E-state index in [1.54, 1.807) is 7.11 Å². The Morgan fingerprint density at radius 2 is 2.00 bits per heavy atom. The summed E-state index contributed by atoms with van der Waals surface area (Å²) in [4.78, 5) is 4.97. The van der Waals surface area contributed by atoms with E-state index < -0.39 is 0 Å². The SMILES string of the molecule is CCCc1cc(C2CCCN2Cc2ccc(OC)c(CN3CCOCC3)c2)no1. The average Bonchev–Trinajstić information content (AvgIpc) is 3.39. The Kier molecular flexibility index (Phi) is 6.85. The van der Waals surface area contributed by atoms with Crippen LogP contribution in [0.1, 0.15) is 54.8 Å². The number of hydrogen-bond acceptors (Lipinski definition) is 6. The van der Waals surface area contributed by atoms with Crippen molar-refractivity contribution in [1.29, 1.82) is 0 Å². The van der Waals surface area contributed by atoms with Crippen LogP contribution in [-0.4, -0.2) is 54.9 Å². The first kappa shape index (κ1) is 20.4. The number of aryl methyl sites for hydroxylation is 1. The van der Waals surface area contributed by atoms with Gasteiger partial charge in [0.25, 0.3) is 0 Å². The summed E-state index contributed by atoms with van der Waals surface area (Å²) in [6.45, 7) is 8.70. The lowest BCUT2D eigenvalue weighted by atomic mass is 10.1. The molecule has 1 atom stereocenters. The van der Waals surface area contributed by atoms with Crippen molar-refractivity contribution in [1.82, 2.24) is 15.0 Å². The van der Waals surface area contributed by atoms with E-state index in [2.05, 4.69) is 46.1 Å². The maximum atomic E-state index is 5.63. The molecular weight excluding hydrogens is 366 g/mol. The summed E-state index contributed by atoms with van der Waals surface area (Å²) in [5.74, 6) is 1.98. The summed E-state index contributed by atoms with van der Waals surface area (Å²) in [6, 6.07) is 9.14. The van der Waals surface area contributed by atoms with Gasteiger partial charge in [0, 0.05) is 44.2 Å². The van der Waals surface area contributed by atoms with E-state index in [4.69, 9.17) is 14.0 Å². The molecule has 2 saturated heterocycles. The lowest BCUT2D eigenvalue weighted by molar-refractivity contribution is 0.0338. The molecule has 3 heterocycles. The molecule has 1 aromatic carbocycles. The normalized spacial score (nSPS) is 21.0. The highest BCUT2D eigenvalue weighted by atomic mass is 16.5. The predicted octanol–water partition coefficient (Wildman–Crippen LogP) is 3.81. The lowest BCUT2D eigenvalue weighted by Crippen LogP contribution is -2.35. The largest absolute Gasteiger partial charge is 0.496 e. The van der Waals surface area contributed by atoms with Gasteiger partial charge >= 0.3 is 0 Å². The maximum absolute atomic E-state index is 5.63. The van der Waals surface area contributed by atoms with Crippen molar-refractivity contribution in [2.75, 3.05) is 40.0 Å². The molecule has 2 aromatic rings. The first-order valence-corrected chi connectivity index (χ1v) is 10.9. The fraction of sp³-hybridized carbons (Fsp3) is 0.609. The van der Waals surface area contributed by atoms with Crippen molar-refractivity contribution < 1.29 is 14.0 Å². The van der Waals surface area contributed by atoms with Crippen LogP contribution < -0.4 is 4.74 Å². The first-order valence-electron chi connectivity index (χ1n) is 10.9. The molecule has 6 heteroatoms. The van der Waals surface area contributed by atoms with Gasteiger partial charge in [0.05, 0.1) is 26.4 Å². The minimum atomic E-state index is 0.356. The second-order valence-electron chi connectivity index (χ2n) is 8.13. The Morgan fingerprint density at radius 3 is 2.79 bits per heavy atom. The number of nitrogens with zero attached hydrogens (tertiary/aromatic N) is 3. The molecule has 2 aliphatic rings. The fourth-order valence-corrected chi connectivity index (χ4v) is 4.49. The number of aromatic nitrogens is 1. The van der Waals surface area contributed by atoms with E-state index in [0.717, 1.165) is 82.4 Å². The van der Waals surface area contributed by atoms with Gasteiger partial charge < -0.3 is 14.0 Å². The third kappa shape index (κ3) is 5.00. The van der Waals surface area contributed by atoms with Crippen LogP contribution in [0.3, 0.4) is 0 Å². The van der Waals surface area contributed by atoms with Crippen LogP contribution in [0.15, 0.2) is 28.8 Å². The maximum Gasteiger partial charge on any atom is 0.137 e.